The maximum absolute atomic E-state index is 13.6. The molecule has 5 N–H and O–H groups in total. The number of ether oxygens (including phenoxy) is 4. The quantitative estimate of drug-likeness (QED) is 0.255. The molecule has 13 nitrogen and oxygen atoms in total. The molecule has 0 aromatic heterocycles. The number of allylic oxidation sites excluding steroid dienone is 2. The number of aromatic hydroxyl groups is 3. The van der Waals surface area contributed by atoms with Crippen LogP contribution in [0.4, 0.5) is 0 Å². The van der Waals surface area contributed by atoms with Crippen molar-refractivity contribution in [2.45, 2.75) is 37.4 Å². The van der Waals surface area contributed by atoms with Gasteiger partial charge >= 0.3 is 11.8 Å². The highest BCUT2D eigenvalue weighted by Gasteiger charge is 2.64. The second kappa shape index (κ2) is 7.46. The van der Waals surface area contributed by atoms with Crippen LogP contribution in [-0.4, -0.2) is 74.0 Å². The number of phenolic OH excluding ortho intramolecular Hbond substituents is 3. The number of ketones is 3. The summed E-state index contributed by atoms with van der Waals surface area (Å²) in [4.78, 5) is 51.5. The van der Waals surface area contributed by atoms with Gasteiger partial charge in [0.25, 0.3) is 5.78 Å². The molecule has 0 saturated carbocycles. The van der Waals surface area contributed by atoms with E-state index in [0.29, 0.717) is 5.56 Å². The summed E-state index contributed by atoms with van der Waals surface area (Å²) >= 11 is 0. The summed E-state index contributed by atoms with van der Waals surface area (Å²) in [6, 6.07) is 1.32. The summed E-state index contributed by atoms with van der Waals surface area (Å²) < 4.78 is 21.1. The Hall–Kier alpha value is -4.62. The average molecular weight is 526 g/mol. The molecule has 2 aromatic carbocycles. The fourth-order valence-electron chi connectivity index (χ4n) is 5.26. The number of cyclic esters (lactones) is 1. The molecule has 0 fully saturated rings. The highest BCUT2D eigenvalue weighted by atomic mass is 16.7. The van der Waals surface area contributed by atoms with E-state index in [-0.39, 0.29) is 17.5 Å². The first-order chi connectivity index (χ1) is 17.9. The monoisotopic (exact) mass is 526 g/mol. The van der Waals surface area contributed by atoms with Crippen molar-refractivity contribution >= 4 is 23.3 Å². The Morgan fingerprint density at radius 1 is 0.921 bits per heavy atom. The van der Waals surface area contributed by atoms with Crippen molar-refractivity contribution in [1.29, 1.82) is 0 Å². The Balaban J connectivity index is 1.53. The molecule has 0 saturated heterocycles. The number of phenols is 3. The Morgan fingerprint density at radius 3 is 2.26 bits per heavy atom. The van der Waals surface area contributed by atoms with Crippen molar-refractivity contribution < 1.29 is 63.7 Å². The molecule has 196 valence electrons. The van der Waals surface area contributed by atoms with Crippen molar-refractivity contribution in [2.24, 2.45) is 0 Å². The number of carbonyl (C=O) groups is 4. The number of aliphatic hydroxyl groups is 2. The van der Waals surface area contributed by atoms with Crippen molar-refractivity contribution in [3.8, 4) is 28.7 Å². The lowest BCUT2D eigenvalue weighted by Crippen LogP contribution is -2.60. The normalized spacial score (nSPS) is 26.9. The highest BCUT2D eigenvalue weighted by molar-refractivity contribution is 6.28. The zero-order chi connectivity index (χ0) is 27.4. The molecule has 2 aromatic rings. The highest BCUT2D eigenvalue weighted by Crippen LogP contribution is 2.57. The largest absolute Gasteiger partial charge is 0.506 e. The van der Waals surface area contributed by atoms with Crippen LogP contribution in [0.1, 0.15) is 65.6 Å². The minimum absolute atomic E-state index is 0.166. The van der Waals surface area contributed by atoms with E-state index >= 15 is 0 Å². The number of rotatable bonds is 1. The SMILES string of the molecule is COC1=CC(=O)c2c(O)c3c(c(O)c2C1=O)OC1(Oc2c(cc4c(c2O)C(=O)OC(C)C4)[C@@H](O)C1O)C3=O. The molecular weight excluding hydrogens is 508 g/mol. The zero-order valence-corrected chi connectivity index (χ0v) is 19.6. The second-order valence-electron chi connectivity index (χ2n) is 9.25. The van der Waals surface area contributed by atoms with Crippen LogP contribution in [0.2, 0.25) is 0 Å². The molecule has 4 aliphatic rings. The van der Waals surface area contributed by atoms with Gasteiger partial charge in [-0.05, 0) is 18.6 Å². The van der Waals surface area contributed by atoms with E-state index in [0.717, 1.165) is 13.2 Å². The fraction of sp³-hybridized carbons (Fsp3) is 0.280. The molecule has 13 heteroatoms. The van der Waals surface area contributed by atoms with Gasteiger partial charge in [0, 0.05) is 18.1 Å². The molecule has 6 rings (SSSR count). The summed E-state index contributed by atoms with van der Waals surface area (Å²) in [6.07, 6.45) is -3.71. The molecule has 0 amide bonds. The van der Waals surface area contributed by atoms with Crippen LogP contribution in [0.3, 0.4) is 0 Å². The van der Waals surface area contributed by atoms with Gasteiger partial charge in [0.1, 0.15) is 29.1 Å². The molecule has 0 radical (unpaired) electrons. The molecule has 3 heterocycles. The summed E-state index contributed by atoms with van der Waals surface area (Å²) in [5.74, 6) is -11.8. The van der Waals surface area contributed by atoms with E-state index in [4.69, 9.17) is 18.9 Å². The Morgan fingerprint density at radius 2 is 1.58 bits per heavy atom. The molecule has 3 aliphatic heterocycles. The number of Topliss-reactive ketones (excluding diaryl/α,β-unsaturated/α-hetero) is 2. The van der Waals surface area contributed by atoms with Crippen molar-refractivity contribution in [2.75, 3.05) is 7.11 Å². The molecule has 3 unspecified atom stereocenters. The van der Waals surface area contributed by atoms with Gasteiger partial charge in [-0.3, -0.25) is 14.4 Å². The lowest BCUT2D eigenvalue weighted by molar-refractivity contribution is -0.190. The van der Waals surface area contributed by atoms with E-state index in [2.05, 4.69) is 0 Å². The first-order valence-corrected chi connectivity index (χ1v) is 11.3. The third-order valence-electron chi connectivity index (χ3n) is 7.02. The fourth-order valence-corrected chi connectivity index (χ4v) is 5.26. The maximum atomic E-state index is 13.6. The molecule has 38 heavy (non-hydrogen) atoms. The average Bonchev–Trinajstić information content (AvgIpc) is 3.16. The van der Waals surface area contributed by atoms with E-state index in [1.165, 1.54) is 6.07 Å². The third-order valence-corrected chi connectivity index (χ3v) is 7.02. The minimum Gasteiger partial charge on any atom is -0.506 e. The first-order valence-electron chi connectivity index (χ1n) is 11.3. The second-order valence-corrected chi connectivity index (χ2v) is 9.25. The number of hydrogen-bond acceptors (Lipinski definition) is 13. The van der Waals surface area contributed by atoms with Gasteiger partial charge in [0.15, 0.2) is 40.6 Å². The van der Waals surface area contributed by atoms with Gasteiger partial charge in [-0.15, -0.1) is 0 Å². The standard InChI is InChI=1S/C25H18O13/c1-6-3-7-4-8-15(27)23(33)25(37-20(8)18(30)11(7)24(34)36-6)22(32)14-17(29)12-9(26)5-10(35-2)16(28)13(12)19(31)21(14)38-25/h4-6,15,23,27,29-31,33H,3H2,1-2H3/t6?,15-,23?,25?/m1/s1. The zero-order valence-electron chi connectivity index (χ0n) is 19.6. The predicted molar refractivity (Wildman–Crippen MR) is 119 cm³/mol. The van der Waals surface area contributed by atoms with E-state index in [1.54, 1.807) is 6.92 Å². The molecule has 0 bridgehead atoms. The summed E-state index contributed by atoms with van der Waals surface area (Å²) in [5, 5.41) is 54.6. The van der Waals surface area contributed by atoms with Gasteiger partial charge < -0.3 is 44.5 Å². The van der Waals surface area contributed by atoms with Gasteiger partial charge in [-0.25, -0.2) is 4.79 Å². The van der Waals surface area contributed by atoms with Crippen LogP contribution in [0.5, 0.6) is 28.7 Å². The number of hydrogen-bond donors (Lipinski definition) is 5. The van der Waals surface area contributed by atoms with Gasteiger partial charge in [0.2, 0.25) is 5.78 Å². The van der Waals surface area contributed by atoms with Crippen LogP contribution >= 0.6 is 0 Å². The van der Waals surface area contributed by atoms with Gasteiger partial charge in [-0.1, -0.05) is 0 Å². The number of fused-ring (bicyclic) bond motifs is 4. The third kappa shape index (κ3) is 2.71. The summed E-state index contributed by atoms with van der Waals surface area (Å²) in [6.45, 7) is 1.62. The van der Waals surface area contributed by atoms with E-state index in [9.17, 15) is 44.7 Å². The van der Waals surface area contributed by atoms with E-state index < -0.39 is 98.6 Å². The van der Waals surface area contributed by atoms with Crippen LogP contribution in [0.25, 0.3) is 0 Å². The number of benzene rings is 2. The van der Waals surface area contributed by atoms with Crippen LogP contribution < -0.4 is 9.47 Å². The Labute approximate surface area is 212 Å². The Bertz CT molecular complexity index is 1570. The molecular formula is C25H18O13. The van der Waals surface area contributed by atoms with Crippen molar-refractivity contribution in [3.63, 3.8) is 0 Å². The summed E-state index contributed by atoms with van der Waals surface area (Å²) in [7, 11) is 1.11. The smallest absolute Gasteiger partial charge is 0.346 e. The lowest BCUT2D eigenvalue weighted by atomic mass is 9.84. The van der Waals surface area contributed by atoms with Crippen molar-refractivity contribution in [1.82, 2.24) is 0 Å². The molecule has 1 aliphatic carbocycles. The van der Waals surface area contributed by atoms with Gasteiger partial charge in [-0.2, -0.15) is 0 Å². The van der Waals surface area contributed by atoms with E-state index in [1.807, 2.05) is 0 Å². The summed E-state index contributed by atoms with van der Waals surface area (Å²) in [5.41, 5.74) is -2.37. The van der Waals surface area contributed by atoms with Crippen LogP contribution in [0.15, 0.2) is 17.9 Å². The van der Waals surface area contributed by atoms with Gasteiger partial charge in [0.05, 0.1) is 18.2 Å². The predicted octanol–water partition coefficient (Wildman–Crippen LogP) is 0.572. The maximum Gasteiger partial charge on any atom is 0.346 e. The number of esters is 1. The number of methoxy groups -OCH3 is 1. The number of aliphatic hydroxyl groups excluding tert-OH is 2. The van der Waals surface area contributed by atoms with Crippen molar-refractivity contribution in [3.05, 3.63) is 51.3 Å². The lowest BCUT2D eigenvalue weighted by Gasteiger charge is -2.40. The number of carbonyl (C=O) groups excluding carboxylic acids is 4. The van der Waals surface area contributed by atoms with Crippen LogP contribution in [0, 0.1) is 0 Å². The van der Waals surface area contributed by atoms with Crippen LogP contribution in [-0.2, 0) is 15.9 Å². The Kier molecular flexibility index (Phi) is 4.66. The first kappa shape index (κ1) is 23.8. The molecule has 4 atom stereocenters. The topological polar surface area (TPSA) is 206 Å². The molecule has 1 spiro atoms. The minimum atomic E-state index is -2.89.